The summed E-state index contributed by atoms with van der Waals surface area (Å²) in [7, 11) is 0. The molecule has 0 saturated heterocycles. The molecular formula is C14H21ClFN. The number of aryl methyl sites for hydroxylation is 1. The Balaban J connectivity index is 2.62. The molecule has 1 aromatic carbocycles. The molecule has 0 aliphatic rings. The number of halogens is 2. The Labute approximate surface area is 108 Å². The molecule has 1 unspecified atom stereocenters. The quantitative estimate of drug-likeness (QED) is 0.811. The van der Waals surface area contributed by atoms with E-state index in [1.165, 1.54) is 6.07 Å². The topological polar surface area (TPSA) is 12.0 Å². The lowest BCUT2D eigenvalue weighted by molar-refractivity contribution is 0.385. The van der Waals surface area contributed by atoms with Gasteiger partial charge in [-0.15, -0.1) is 0 Å². The molecule has 1 atom stereocenters. The molecular weight excluding hydrogens is 237 g/mol. The maximum absolute atomic E-state index is 13.3. The van der Waals surface area contributed by atoms with Crippen molar-refractivity contribution >= 4 is 11.6 Å². The summed E-state index contributed by atoms with van der Waals surface area (Å²) < 4.78 is 13.3. The van der Waals surface area contributed by atoms with Crippen LogP contribution in [0.1, 0.15) is 32.8 Å². The van der Waals surface area contributed by atoms with E-state index in [4.69, 9.17) is 11.6 Å². The molecule has 17 heavy (non-hydrogen) atoms. The van der Waals surface area contributed by atoms with Crippen LogP contribution in [0.4, 0.5) is 4.39 Å². The van der Waals surface area contributed by atoms with Crippen LogP contribution in [-0.4, -0.2) is 12.6 Å². The van der Waals surface area contributed by atoms with E-state index in [0.29, 0.717) is 12.0 Å². The first-order valence-electron chi connectivity index (χ1n) is 6.22. The van der Waals surface area contributed by atoms with Gasteiger partial charge in [0.05, 0.1) is 5.02 Å². The second-order valence-corrected chi connectivity index (χ2v) is 5.04. The minimum absolute atomic E-state index is 0.270. The van der Waals surface area contributed by atoms with E-state index in [-0.39, 0.29) is 10.8 Å². The number of rotatable bonds is 6. The SMILES string of the molecule is CCNC(CCc1cccc(F)c1Cl)C(C)C. The highest BCUT2D eigenvalue weighted by Gasteiger charge is 2.13. The number of nitrogens with one attached hydrogen (secondary N) is 1. The second kappa shape index (κ2) is 6.97. The van der Waals surface area contributed by atoms with Crippen molar-refractivity contribution in [3.05, 3.63) is 34.6 Å². The van der Waals surface area contributed by atoms with Crippen molar-refractivity contribution in [1.29, 1.82) is 0 Å². The third kappa shape index (κ3) is 4.29. The number of hydrogen-bond acceptors (Lipinski definition) is 1. The molecule has 0 saturated carbocycles. The summed E-state index contributed by atoms with van der Waals surface area (Å²) in [6, 6.07) is 5.47. The molecule has 1 N–H and O–H groups in total. The van der Waals surface area contributed by atoms with Crippen LogP contribution in [0.15, 0.2) is 18.2 Å². The monoisotopic (exact) mass is 257 g/mol. The van der Waals surface area contributed by atoms with Crippen molar-refractivity contribution in [3.63, 3.8) is 0 Å². The Morgan fingerprint density at radius 3 is 2.65 bits per heavy atom. The molecule has 0 fully saturated rings. The summed E-state index contributed by atoms with van der Waals surface area (Å²) >= 11 is 5.94. The summed E-state index contributed by atoms with van der Waals surface area (Å²) in [5.74, 6) is 0.246. The maximum Gasteiger partial charge on any atom is 0.142 e. The first-order chi connectivity index (χ1) is 8.06. The molecule has 0 spiro atoms. The van der Waals surface area contributed by atoms with E-state index >= 15 is 0 Å². The summed E-state index contributed by atoms with van der Waals surface area (Å²) in [6.07, 6.45) is 1.79. The third-order valence-corrected chi connectivity index (χ3v) is 3.45. The molecule has 0 bridgehead atoms. The van der Waals surface area contributed by atoms with Crippen LogP contribution in [0.25, 0.3) is 0 Å². The van der Waals surface area contributed by atoms with Gasteiger partial charge in [0.2, 0.25) is 0 Å². The zero-order valence-electron chi connectivity index (χ0n) is 10.8. The highest BCUT2D eigenvalue weighted by molar-refractivity contribution is 6.31. The van der Waals surface area contributed by atoms with Gasteiger partial charge in [0.25, 0.3) is 0 Å². The van der Waals surface area contributed by atoms with Crippen LogP contribution in [0, 0.1) is 11.7 Å². The van der Waals surface area contributed by atoms with Gasteiger partial charge in [0.15, 0.2) is 0 Å². The molecule has 0 aliphatic carbocycles. The van der Waals surface area contributed by atoms with Crippen molar-refractivity contribution in [1.82, 2.24) is 5.32 Å². The Kier molecular flexibility index (Phi) is 5.93. The number of benzene rings is 1. The molecule has 1 aromatic rings. The molecule has 1 nitrogen and oxygen atoms in total. The third-order valence-electron chi connectivity index (χ3n) is 3.03. The first kappa shape index (κ1) is 14.5. The predicted molar refractivity (Wildman–Crippen MR) is 72.0 cm³/mol. The van der Waals surface area contributed by atoms with Gasteiger partial charge in [0.1, 0.15) is 5.82 Å². The molecule has 96 valence electrons. The van der Waals surface area contributed by atoms with Crippen LogP contribution >= 0.6 is 11.6 Å². The smallest absolute Gasteiger partial charge is 0.142 e. The fraction of sp³-hybridized carbons (Fsp3) is 0.571. The lowest BCUT2D eigenvalue weighted by Crippen LogP contribution is -2.34. The second-order valence-electron chi connectivity index (χ2n) is 4.66. The van der Waals surface area contributed by atoms with Crippen LogP contribution in [0.5, 0.6) is 0 Å². The minimum Gasteiger partial charge on any atom is -0.314 e. The highest BCUT2D eigenvalue weighted by atomic mass is 35.5. The van der Waals surface area contributed by atoms with E-state index in [0.717, 1.165) is 24.9 Å². The summed E-state index contributed by atoms with van der Waals surface area (Å²) in [5, 5.41) is 3.72. The Bertz CT molecular complexity index is 352. The van der Waals surface area contributed by atoms with Crippen LogP contribution in [0.3, 0.4) is 0 Å². The summed E-state index contributed by atoms with van der Waals surface area (Å²) in [5.41, 5.74) is 0.898. The van der Waals surface area contributed by atoms with Gasteiger partial charge in [-0.05, 0) is 36.9 Å². The van der Waals surface area contributed by atoms with E-state index in [1.54, 1.807) is 6.07 Å². The van der Waals surface area contributed by atoms with Gasteiger partial charge in [-0.3, -0.25) is 0 Å². The van der Waals surface area contributed by atoms with Crippen molar-refractivity contribution < 1.29 is 4.39 Å². The molecule has 3 heteroatoms. The van der Waals surface area contributed by atoms with Crippen LogP contribution < -0.4 is 5.32 Å². The fourth-order valence-electron chi connectivity index (χ4n) is 1.99. The molecule has 0 aliphatic heterocycles. The van der Waals surface area contributed by atoms with E-state index in [1.807, 2.05) is 6.07 Å². The van der Waals surface area contributed by atoms with Gasteiger partial charge >= 0.3 is 0 Å². The van der Waals surface area contributed by atoms with Crippen molar-refractivity contribution in [3.8, 4) is 0 Å². The zero-order valence-corrected chi connectivity index (χ0v) is 11.5. The molecule has 1 rings (SSSR count). The van der Waals surface area contributed by atoms with Gasteiger partial charge in [-0.2, -0.15) is 0 Å². The molecule has 0 amide bonds. The largest absolute Gasteiger partial charge is 0.314 e. The Morgan fingerprint density at radius 2 is 2.06 bits per heavy atom. The van der Waals surface area contributed by atoms with Gasteiger partial charge in [-0.1, -0.05) is 44.5 Å². The minimum atomic E-state index is -0.325. The van der Waals surface area contributed by atoms with Gasteiger partial charge in [0, 0.05) is 6.04 Å². The normalized spacial score (nSPS) is 13.1. The average Bonchev–Trinajstić information content (AvgIpc) is 2.29. The lowest BCUT2D eigenvalue weighted by atomic mass is 9.96. The highest BCUT2D eigenvalue weighted by Crippen LogP contribution is 2.22. The molecule has 0 radical (unpaired) electrons. The number of hydrogen-bond donors (Lipinski definition) is 1. The first-order valence-corrected chi connectivity index (χ1v) is 6.60. The van der Waals surface area contributed by atoms with E-state index in [9.17, 15) is 4.39 Å². The fourth-order valence-corrected chi connectivity index (χ4v) is 2.21. The Morgan fingerprint density at radius 1 is 1.35 bits per heavy atom. The maximum atomic E-state index is 13.3. The Hall–Kier alpha value is -0.600. The summed E-state index contributed by atoms with van der Waals surface area (Å²) in [6.45, 7) is 7.45. The van der Waals surface area contributed by atoms with E-state index < -0.39 is 0 Å². The summed E-state index contributed by atoms with van der Waals surface area (Å²) in [4.78, 5) is 0. The predicted octanol–water partition coefficient (Wildman–Crippen LogP) is 4.05. The van der Waals surface area contributed by atoms with E-state index in [2.05, 4.69) is 26.1 Å². The van der Waals surface area contributed by atoms with Crippen LogP contribution in [-0.2, 0) is 6.42 Å². The average molecular weight is 258 g/mol. The van der Waals surface area contributed by atoms with Crippen molar-refractivity contribution in [2.75, 3.05) is 6.54 Å². The van der Waals surface area contributed by atoms with Gasteiger partial charge in [-0.25, -0.2) is 4.39 Å². The van der Waals surface area contributed by atoms with Crippen LogP contribution in [0.2, 0.25) is 5.02 Å². The van der Waals surface area contributed by atoms with Gasteiger partial charge < -0.3 is 5.32 Å². The lowest BCUT2D eigenvalue weighted by Gasteiger charge is -2.21. The zero-order chi connectivity index (χ0) is 12.8. The van der Waals surface area contributed by atoms with Crippen molar-refractivity contribution in [2.45, 2.75) is 39.7 Å². The standard InChI is InChI=1S/C14H21ClFN/c1-4-17-13(10(2)3)9-8-11-6-5-7-12(16)14(11)15/h5-7,10,13,17H,4,8-9H2,1-3H3. The van der Waals surface area contributed by atoms with Crippen molar-refractivity contribution in [2.24, 2.45) is 5.92 Å². The molecule has 0 heterocycles. The molecule has 0 aromatic heterocycles.